The molecule has 0 aromatic carbocycles. The third-order valence-electron chi connectivity index (χ3n) is 2.51. The molecule has 1 N–H and O–H groups in total. The monoisotopic (exact) mass is 215 g/mol. The smallest absolute Gasteiger partial charge is 0.305 e. The predicted molar refractivity (Wildman–Crippen MR) is 53.5 cm³/mol. The number of rotatable bonds is 5. The molecule has 1 atom stereocenters. The van der Waals surface area contributed by atoms with Crippen molar-refractivity contribution < 1.29 is 19.4 Å². The van der Waals surface area contributed by atoms with Crippen molar-refractivity contribution in [2.75, 3.05) is 20.2 Å². The number of aliphatic carboxylic acids is 1. The Morgan fingerprint density at radius 2 is 2.27 bits per heavy atom. The van der Waals surface area contributed by atoms with Gasteiger partial charge in [0.2, 0.25) is 5.91 Å². The minimum atomic E-state index is -0.883. The van der Waals surface area contributed by atoms with Crippen molar-refractivity contribution in [2.24, 2.45) is 0 Å². The topological polar surface area (TPSA) is 66.8 Å². The fourth-order valence-corrected chi connectivity index (χ4v) is 1.54. The summed E-state index contributed by atoms with van der Waals surface area (Å²) in [6.07, 6.45) is 2.34. The molecule has 1 amide bonds. The summed E-state index contributed by atoms with van der Waals surface area (Å²) in [6, 6.07) is 0. The number of hydrogen-bond acceptors (Lipinski definition) is 3. The third-order valence-corrected chi connectivity index (χ3v) is 2.51. The Morgan fingerprint density at radius 1 is 1.53 bits per heavy atom. The van der Waals surface area contributed by atoms with E-state index in [0.29, 0.717) is 6.42 Å². The predicted octanol–water partition coefficient (Wildman–Crippen LogP) is 0.489. The number of nitrogens with zero attached hydrogens (tertiary/aromatic N) is 1. The van der Waals surface area contributed by atoms with Crippen molar-refractivity contribution in [2.45, 2.75) is 31.8 Å². The van der Waals surface area contributed by atoms with E-state index in [4.69, 9.17) is 9.84 Å². The first-order valence-corrected chi connectivity index (χ1v) is 5.17. The lowest BCUT2D eigenvalue weighted by molar-refractivity contribution is -0.138. The second-order valence-electron chi connectivity index (χ2n) is 3.80. The van der Waals surface area contributed by atoms with Crippen LogP contribution in [0.15, 0.2) is 0 Å². The van der Waals surface area contributed by atoms with E-state index in [1.807, 2.05) is 0 Å². The summed E-state index contributed by atoms with van der Waals surface area (Å²) in [7, 11) is 1.63. The van der Waals surface area contributed by atoms with Gasteiger partial charge in [0.1, 0.15) is 0 Å². The van der Waals surface area contributed by atoms with E-state index in [2.05, 4.69) is 0 Å². The van der Waals surface area contributed by atoms with Crippen molar-refractivity contribution >= 4 is 11.9 Å². The molecule has 1 heterocycles. The standard InChI is InChI=1S/C10H17NO4/c1-11(5-4-10(13)14)9(12)7-8-3-2-6-15-8/h8H,2-7H2,1H3,(H,13,14). The molecule has 1 saturated heterocycles. The van der Waals surface area contributed by atoms with E-state index in [9.17, 15) is 9.59 Å². The fourth-order valence-electron chi connectivity index (χ4n) is 1.54. The van der Waals surface area contributed by atoms with Crippen LogP contribution in [0.2, 0.25) is 0 Å². The molecule has 5 heteroatoms. The molecule has 0 bridgehead atoms. The molecule has 0 saturated carbocycles. The van der Waals surface area contributed by atoms with Crippen molar-refractivity contribution in [3.05, 3.63) is 0 Å². The SMILES string of the molecule is CN(CCC(=O)O)C(=O)CC1CCCO1. The van der Waals surface area contributed by atoms with Crippen LogP contribution in [0.3, 0.4) is 0 Å². The van der Waals surface area contributed by atoms with Gasteiger partial charge in [-0.2, -0.15) is 0 Å². The summed E-state index contributed by atoms with van der Waals surface area (Å²) in [5, 5.41) is 8.47. The Bertz CT molecular complexity index is 236. The summed E-state index contributed by atoms with van der Waals surface area (Å²) in [6.45, 7) is 0.998. The van der Waals surface area contributed by atoms with E-state index in [1.54, 1.807) is 7.05 Å². The number of carboxylic acids is 1. The quantitative estimate of drug-likeness (QED) is 0.724. The number of ether oxygens (including phenoxy) is 1. The first-order valence-electron chi connectivity index (χ1n) is 5.17. The van der Waals surface area contributed by atoms with Crippen LogP contribution in [0.25, 0.3) is 0 Å². The molecule has 1 fully saturated rings. The Morgan fingerprint density at radius 3 is 2.80 bits per heavy atom. The van der Waals surface area contributed by atoms with Gasteiger partial charge in [-0.05, 0) is 12.8 Å². The lowest BCUT2D eigenvalue weighted by atomic mass is 10.1. The maximum Gasteiger partial charge on any atom is 0.305 e. The second kappa shape index (κ2) is 5.70. The van der Waals surface area contributed by atoms with Crippen LogP contribution in [0.4, 0.5) is 0 Å². The van der Waals surface area contributed by atoms with E-state index in [-0.39, 0.29) is 25.0 Å². The maximum atomic E-state index is 11.6. The summed E-state index contributed by atoms with van der Waals surface area (Å²) in [4.78, 5) is 23.3. The molecule has 0 spiro atoms. The molecule has 5 nitrogen and oxygen atoms in total. The average molecular weight is 215 g/mol. The first kappa shape index (κ1) is 12.0. The lowest BCUT2D eigenvalue weighted by Gasteiger charge is -2.18. The number of carbonyl (C=O) groups is 2. The summed E-state index contributed by atoms with van der Waals surface area (Å²) < 4.78 is 5.34. The van der Waals surface area contributed by atoms with Gasteiger partial charge in [0, 0.05) is 20.2 Å². The Labute approximate surface area is 89.0 Å². The number of carbonyl (C=O) groups excluding carboxylic acids is 1. The van der Waals surface area contributed by atoms with Crippen LogP contribution in [0, 0.1) is 0 Å². The van der Waals surface area contributed by atoms with Crippen LogP contribution in [-0.4, -0.2) is 48.2 Å². The molecular weight excluding hydrogens is 198 g/mol. The van der Waals surface area contributed by atoms with Crippen LogP contribution in [0.1, 0.15) is 25.7 Å². The van der Waals surface area contributed by atoms with Gasteiger partial charge in [0.15, 0.2) is 0 Å². The Kier molecular flexibility index (Phi) is 4.55. The summed E-state index contributed by atoms with van der Waals surface area (Å²) in [5.74, 6) is -0.921. The Hall–Kier alpha value is -1.10. The van der Waals surface area contributed by atoms with Gasteiger partial charge in [0.25, 0.3) is 0 Å². The summed E-state index contributed by atoms with van der Waals surface area (Å²) >= 11 is 0. The molecule has 0 aromatic rings. The number of amides is 1. The number of carboxylic acid groups (broad SMARTS) is 1. The fraction of sp³-hybridized carbons (Fsp3) is 0.800. The largest absolute Gasteiger partial charge is 0.481 e. The molecule has 86 valence electrons. The van der Waals surface area contributed by atoms with Gasteiger partial charge >= 0.3 is 5.97 Å². The van der Waals surface area contributed by atoms with Crippen LogP contribution in [-0.2, 0) is 14.3 Å². The van der Waals surface area contributed by atoms with Crippen molar-refractivity contribution in [3.8, 4) is 0 Å². The second-order valence-corrected chi connectivity index (χ2v) is 3.80. The number of hydrogen-bond donors (Lipinski definition) is 1. The zero-order valence-electron chi connectivity index (χ0n) is 8.94. The highest BCUT2D eigenvalue weighted by molar-refractivity contribution is 5.77. The lowest BCUT2D eigenvalue weighted by Crippen LogP contribution is -2.31. The zero-order chi connectivity index (χ0) is 11.3. The van der Waals surface area contributed by atoms with Crippen molar-refractivity contribution in [3.63, 3.8) is 0 Å². The van der Waals surface area contributed by atoms with Crippen LogP contribution < -0.4 is 0 Å². The summed E-state index contributed by atoms with van der Waals surface area (Å²) in [5.41, 5.74) is 0. The molecule has 15 heavy (non-hydrogen) atoms. The third kappa shape index (κ3) is 4.29. The van der Waals surface area contributed by atoms with Gasteiger partial charge in [0.05, 0.1) is 18.9 Å². The molecule has 1 aliphatic rings. The van der Waals surface area contributed by atoms with Gasteiger partial charge in [-0.1, -0.05) is 0 Å². The van der Waals surface area contributed by atoms with E-state index >= 15 is 0 Å². The maximum absolute atomic E-state index is 11.6. The van der Waals surface area contributed by atoms with Gasteiger partial charge in [-0.3, -0.25) is 9.59 Å². The zero-order valence-corrected chi connectivity index (χ0v) is 8.94. The van der Waals surface area contributed by atoms with E-state index in [0.717, 1.165) is 19.4 Å². The van der Waals surface area contributed by atoms with Gasteiger partial charge in [-0.25, -0.2) is 0 Å². The minimum Gasteiger partial charge on any atom is -0.481 e. The van der Waals surface area contributed by atoms with Gasteiger partial charge < -0.3 is 14.7 Å². The van der Waals surface area contributed by atoms with Crippen molar-refractivity contribution in [1.29, 1.82) is 0 Å². The Balaban J connectivity index is 2.22. The van der Waals surface area contributed by atoms with E-state index in [1.165, 1.54) is 4.90 Å². The first-order chi connectivity index (χ1) is 7.09. The highest BCUT2D eigenvalue weighted by Crippen LogP contribution is 2.15. The molecule has 1 unspecified atom stereocenters. The highest BCUT2D eigenvalue weighted by atomic mass is 16.5. The van der Waals surface area contributed by atoms with Crippen LogP contribution >= 0.6 is 0 Å². The van der Waals surface area contributed by atoms with E-state index < -0.39 is 5.97 Å². The normalized spacial score (nSPS) is 20.2. The molecule has 1 rings (SSSR count). The van der Waals surface area contributed by atoms with Gasteiger partial charge in [-0.15, -0.1) is 0 Å². The van der Waals surface area contributed by atoms with Crippen LogP contribution in [0.5, 0.6) is 0 Å². The molecular formula is C10H17NO4. The average Bonchev–Trinajstić information content (AvgIpc) is 2.66. The molecule has 0 aromatic heterocycles. The van der Waals surface area contributed by atoms with Crippen molar-refractivity contribution in [1.82, 2.24) is 4.90 Å². The molecule has 1 aliphatic heterocycles. The molecule has 0 radical (unpaired) electrons. The minimum absolute atomic E-state index is 0.00619. The highest BCUT2D eigenvalue weighted by Gasteiger charge is 2.21. The molecule has 0 aliphatic carbocycles.